The number of ketones is 1. The predicted octanol–water partition coefficient (Wildman–Crippen LogP) is 4.17. The number of nitro groups is 1. The van der Waals surface area contributed by atoms with Gasteiger partial charge in [0.25, 0.3) is 5.69 Å². The summed E-state index contributed by atoms with van der Waals surface area (Å²) in [5.74, 6) is -0.414. The van der Waals surface area contributed by atoms with Gasteiger partial charge in [-0.3, -0.25) is 24.5 Å². The first kappa shape index (κ1) is 24.4. The first-order valence-electron chi connectivity index (χ1n) is 11.0. The molecule has 0 radical (unpaired) electrons. The number of anilines is 1. The van der Waals surface area contributed by atoms with E-state index in [4.69, 9.17) is 14.2 Å². The molecule has 36 heavy (non-hydrogen) atoms. The van der Waals surface area contributed by atoms with Gasteiger partial charge in [0, 0.05) is 36.3 Å². The van der Waals surface area contributed by atoms with Gasteiger partial charge in [0.2, 0.25) is 5.91 Å². The number of carbonyl (C=O) groups is 3. The molecule has 1 amide bonds. The summed E-state index contributed by atoms with van der Waals surface area (Å²) in [7, 11) is 1.55. The van der Waals surface area contributed by atoms with Crippen molar-refractivity contribution in [2.24, 2.45) is 5.92 Å². The van der Waals surface area contributed by atoms with Crippen LogP contribution >= 0.6 is 0 Å². The number of carbonyl (C=O) groups excluding carboxylic acids is 3. The molecule has 1 aliphatic rings. The number of esters is 1. The quantitative estimate of drug-likeness (QED) is 0.189. The van der Waals surface area contributed by atoms with E-state index in [0.29, 0.717) is 22.9 Å². The minimum atomic E-state index is -0.716. The number of Topliss-reactive ketones (excluding diaryl/α,β-unsaturated/α-hetero) is 1. The van der Waals surface area contributed by atoms with Crippen molar-refractivity contribution in [1.82, 2.24) is 0 Å². The number of methoxy groups -OCH3 is 1. The van der Waals surface area contributed by atoms with Crippen molar-refractivity contribution in [2.45, 2.75) is 6.42 Å². The van der Waals surface area contributed by atoms with Crippen LogP contribution in [0.25, 0.3) is 0 Å². The van der Waals surface area contributed by atoms with E-state index in [-0.39, 0.29) is 30.1 Å². The van der Waals surface area contributed by atoms with Crippen molar-refractivity contribution < 1.29 is 33.5 Å². The maximum absolute atomic E-state index is 12.5. The highest BCUT2D eigenvalue weighted by atomic mass is 16.6. The normalized spacial score (nSPS) is 14.9. The molecule has 0 bridgehead atoms. The lowest BCUT2D eigenvalue weighted by atomic mass is 10.1. The number of rotatable bonds is 9. The zero-order chi connectivity index (χ0) is 25.7. The zero-order valence-corrected chi connectivity index (χ0v) is 19.3. The van der Waals surface area contributed by atoms with Gasteiger partial charge in [-0.15, -0.1) is 0 Å². The Balaban J connectivity index is 1.33. The molecule has 0 aliphatic carbocycles. The fraction of sp³-hybridized carbons (Fsp3) is 0.192. The third-order valence-corrected chi connectivity index (χ3v) is 5.65. The Morgan fingerprint density at radius 3 is 2.31 bits per heavy atom. The maximum atomic E-state index is 12.5. The van der Waals surface area contributed by atoms with Crippen LogP contribution in [0.2, 0.25) is 0 Å². The number of hydrogen-bond donors (Lipinski definition) is 0. The highest BCUT2D eigenvalue weighted by molar-refractivity contribution is 6.01. The Morgan fingerprint density at radius 1 is 1.00 bits per heavy atom. The lowest BCUT2D eigenvalue weighted by Gasteiger charge is -2.17. The van der Waals surface area contributed by atoms with Gasteiger partial charge >= 0.3 is 5.97 Å². The van der Waals surface area contributed by atoms with Crippen molar-refractivity contribution >= 4 is 29.0 Å². The van der Waals surface area contributed by atoms with Crippen LogP contribution in [0, 0.1) is 16.0 Å². The second-order valence-electron chi connectivity index (χ2n) is 7.99. The molecule has 0 aromatic heterocycles. The minimum absolute atomic E-state index is 0.0377. The van der Waals surface area contributed by atoms with Crippen LogP contribution in [0.15, 0.2) is 72.8 Å². The molecule has 3 aromatic carbocycles. The topological polar surface area (TPSA) is 125 Å². The van der Waals surface area contributed by atoms with Crippen LogP contribution < -0.4 is 14.4 Å². The van der Waals surface area contributed by atoms with Crippen molar-refractivity contribution in [2.75, 3.05) is 25.2 Å². The van der Waals surface area contributed by atoms with Crippen LogP contribution in [-0.4, -0.2) is 42.8 Å². The largest absolute Gasteiger partial charge is 0.493 e. The van der Waals surface area contributed by atoms with Crippen molar-refractivity contribution in [3.05, 3.63) is 88.5 Å². The second kappa shape index (κ2) is 10.7. The fourth-order valence-electron chi connectivity index (χ4n) is 3.75. The second-order valence-corrected chi connectivity index (χ2v) is 7.99. The summed E-state index contributed by atoms with van der Waals surface area (Å²) in [4.78, 5) is 48.9. The molecule has 10 heteroatoms. The smallest absolute Gasteiger partial charge is 0.311 e. The number of benzene rings is 3. The Morgan fingerprint density at radius 2 is 1.67 bits per heavy atom. The van der Waals surface area contributed by atoms with Crippen LogP contribution in [0.5, 0.6) is 17.2 Å². The van der Waals surface area contributed by atoms with E-state index >= 15 is 0 Å². The van der Waals surface area contributed by atoms with E-state index in [9.17, 15) is 24.5 Å². The summed E-state index contributed by atoms with van der Waals surface area (Å²) < 4.78 is 16.2. The van der Waals surface area contributed by atoms with E-state index in [1.165, 1.54) is 29.2 Å². The molecular weight excluding hydrogens is 468 g/mol. The van der Waals surface area contributed by atoms with Gasteiger partial charge < -0.3 is 19.1 Å². The SMILES string of the molecule is COc1ccccc1Oc1ccc(N2C[C@H](C(=O)OCC(=O)c3ccc([N+](=O)[O-])cc3)CC2=O)cc1. The maximum Gasteiger partial charge on any atom is 0.311 e. The van der Waals surface area contributed by atoms with Gasteiger partial charge in [-0.1, -0.05) is 12.1 Å². The van der Waals surface area contributed by atoms with Gasteiger partial charge in [0.1, 0.15) is 5.75 Å². The monoisotopic (exact) mass is 490 g/mol. The average Bonchev–Trinajstić information content (AvgIpc) is 3.29. The van der Waals surface area contributed by atoms with E-state index in [2.05, 4.69) is 0 Å². The number of nitro benzene ring substituents is 1. The Hall–Kier alpha value is -4.73. The van der Waals surface area contributed by atoms with E-state index < -0.39 is 29.2 Å². The Labute approximate surface area is 206 Å². The molecule has 184 valence electrons. The predicted molar refractivity (Wildman–Crippen MR) is 128 cm³/mol. The molecule has 1 saturated heterocycles. The molecule has 1 aliphatic heterocycles. The first-order chi connectivity index (χ1) is 17.4. The number of para-hydroxylation sites is 2. The number of nitrogens with zero attached hydrogens (tertiary/aromatic N) is 2. The van der Waals surface area contributed by atoms with Crippen LogP contribution in [0.1, 0.15) is 16.8 Å². The van der Waals surface area contributed by atoms with Crippen molar-refractivity contribution in [3.8, 4) is 17.2 Å². The third-order valence-electron chi connectivity index (χ3n) is 5.65. The molecule has 3 aromatic rings. The molecule has 0 saturated carbocycles. The summed E-state index contributed by atoms with van der Waals surface area (Å²) in [6, 6.07) is 19.1. The molecule has 0 unspecified atom stereocenters. The fourth-order valence-corrected chi connectivity index (χ4v) is 3.75. The highest BCUT2D eigenvalue weighted by Crippen LogP contribution is 2.33. The first-order valence-corrected chi connectivity index (χ1v) is 11.0. The summed E-state index contributed by atoms with van der Waals surface area (Å²) in [6.07, 6.45) is -0.0377. The summed E-state index contributed by atoms with van der Waals surface area (Å²) in [5, 5.41) is 10.7. The number of non-ortho nitro benzene ring substituents is 1. The van der Waals surface area contributed by atoms with Crippen molar-refractivity contribution in [3.63, 3.8) is 0 Å². The van der Waals surface area contributed by atoms with Gasteiger partial charge in [-0.05, 0) is 48.5 Å². The molecule has 1 heterocycles. The molecule has 0 spiro atoms. The average molecular weight is 490 g/mol. The summed E-state index contributed by atoms with van der Waals surface area (Å²) >= 11 is 0. The van der Waals surface area contributed by atoms with Gasteiger partial charge in [0.15, 0.2) is 23.9 Å². The summed E-state index contributed by atoms with van der Waals surface area (Å²) in [6.45, 7) is -0.396. The lowest BCUT2D eigenvalue weighted by Crippen LogP contribution is -2.27. The number of amides is 1. The Bertz CT molecular complexity index is 1290. The van der Waals surface area contributed by atoms with E-state index in [1.54, 1.807) is 43.5 Å². The Kier molecular flexibility index (Phi) is 7.24. The third kappa shape index (κ3) is 5.49. The summed E-state index contributed by atoms with van der Waals surface area (Å²) in [5.41, 5.74) is 0.644. The number of hydrogen-bond acceptors (Lipinski definition) is 8. The minimum Gasteiger partial charge on any atom is -0.493 e. The zero-order valence-electron chi connectivity index (χ0n) is 19.3. The van der Waals surface area contributed by atoms with Crippen LogP contribution in [-0.2, 0) is 14.3 Å². The van der Waals surface area contributed by atoms with Crippen LogP contribution in [0.4, 0.5) is 11.4 Å². The molecular formula is C26H22N2O8. The van der Waals surface area contributed by atoms with E-state index in [1.807, 2.05) is 12.1 Å². The van der Waals surface area contributed by atoms with Crippen molar-refractivity contribution in [1.29, 1.82) is 0 Å². The van der Waals surface area contributed by atoms with Gasteiger partial charge in [-0.25, -0.2) is 0 Å². The van der Waals surface area contributed by atoms with Crippen LogP contribution in [0.3, 0.4) is 0 Å². The van der Waals surface area contributed by atoms with Gasteiger partial charge in [0.05, 0.1) is 18.0 Å². The molecule has 0 N–H and O–H groups in total. The molecule has 10 nitrogen and oxygen atoms in total. The van der Waals surface area contributed by atoms with E-state index in [0.717, 1.165) is 0 Å². The van der Waals surface area contributed by atoms with Gasteiger partial charge in [-0.2, -0.15) is 0 Å². The standard InChI is InChI=1S/C26H22N2O8/c1-34-23-4-2-3-5-24(23)36-21-12-10-19(11-13-21)27-15-18(14-25(27)30)26(31)35-16-22(29)17-6-8-20(9-7-17)28(32)33/h2-13,18H,14-16H2,1H3/t18-/m1/s1. The lowest BCUT2D eigenvalue weighted by molar-refractivity contribution is -0.384. The highest BCUT2D eigenvalue weighted by Gasteiger charge is 2.36. The molecule has 4 rings (SSSR count). The molecule has 1 atom stereocenters. The molecule has 1 fully saturated rings. The number of ether oxygens (including phenoxy) is 3.